The van der Waals surface area contributed by atoms with Crippen molar-refractivity contribution < 1.29 is 9.90 Å². The fourth-order valence-electron chi connectivity index (χ4n) is 2.05. The fourth-order valence-corrected chi connectivity index (χ4v) is 2.05. The van der Waals surface area contributed by atoms with Crippen LogP contribution < -0.4 is 5.32 Å². The van der Waals surface area contributed by atoms with Gasteiger partial charge in [-0.25, -0.2) is 4.79 Å². The van der Waals surface area contributed by atoms with Crippen molar-refractivity contribution in [1.82, 2.24) is 10.2 Å². The number of carbonyl (C=O) groups excluding carboxylic acids is 1. The molecule has 0 aliphatic carbocycles. The second-order valence-electron chi connectivity index (χ2n) is 4.45. The molecule has 2 amide bonds. The summed E-state index contributed by atoms with van der Waals surface area (Å²) in [7, 11) is 0. The molecule has 1 unspecified atom stereocenters. The molecule has 0 aromatic heterocycles. The third-order valence-corrected chi connectivity index (χ3v) is 3.20. The normalized spacial score (nSPS) is 11.9. The Morgan fingerprint density at radius 2 is 1.89 bits per heavy atom. The number of rotatable bonds is 7. The van der Waals surface area contributed by atoms with E-state index in [0.29, 0.717) is 19.5 Å². The van der Waals surface area contributed by atoms with Crippen LogP contribution in [0.3, 0.4) is 0 Å². The Kier molecular flexibility index (Phi) is 6.97. The number of hydrogen-bond acceptors (Lipinski definition) is 2. The maximum atomic E-state index is 12.1. The summed E-state index contributed by atoms with van der Waals surface area (Å²) in [5, 5.41) is 12.0. The molecule has 0 saturated heterocycles. The first-order valence-corrected chi connectivity index (χ1v) is 6.94. The fraction of sp³-hybridized carbons (Fsp3) is 0.533. The lowest BCUT2D eigenvalue weighted by Crippen LogP contribution is -2.41. The van der Waals surface area contributed by atoms with Crippen molar-refractivity contribution in [2.75, 3.05) is 19.7 Å². The summed E-state index contributed by atoms with van der Waals surface area (Å²) >= 11 is 0. The molecule has 19 heavy (non-hydrogen) atoms. The van der Waals surface area contributed by atoms with E-state index in [1.807, 2.05) is 44.2 Å². The lowest BCUT2D eigenvalue weighted by atomic mass is 10.0. The van der Waals surface area contributed by atoms with Crippen molar-refractivity contribution in [3.05, 3.63) is 35.9 Å². The maximum Gasteiger partial charge on any atom is 0.317 e. The third-order valence-electron chi connectivity index (χ3n) is 3.20. The van der Waals surface area contributed by atoms with E-state index >= 15 is 0 Å². The number of aliphatic hydroxyl groups is 1. The minimum absolute atomic E-state index is 0.0403. The van der Waals surface area contributed by atoms with E-state index in [4.69, 9.17) is 5.11 Å². The topological polar surface area (TPSA) is 52.6 Å². The van der Waals surface area contributed by atoms with Gasteiger partial charge in [0.1, 0.15) is 0 Å². The zero-order valence-electron chi connectivity index (χ0n) is 11.8. The van der Waals surface area contributed by atoms with E-state index in [-0.39, 0.29) is 18.7 Å². The molecule has 2 N–H and O–H groups in total. The summed E-state index contributed by atoms with van der Waals surface area (Å²) < 4.78 is 0. The highest BCUT2D eigenvalue weighted by atomic mass is 16.3. The highest BCUT2D eigenvalue weighted by Crippen LogP contribution is 2.18. The zero-order valence-corrected chi connectivity index (χ0v) is 11.8. The third kappa shape index (κ3) is 4.91. The Bertz CT molecular complexity index is 364. The van der Waals surface area contributed by atoms with Crippen LogP contribution in [0.4, 0.5) is 4.79 Å². The second kappa shape index (κ2) is 8.53. The molecule has 0 saturated carbocycles. The number of benzene rings is 1. The van der Waals surface area contributed by atoms with E-state index in [2.05, 4.69) is 5.32 Å². The molecule has 0 fully saturated rings. The van der Waals surface area contributed by atoms with Gasteiger partial charge in [-0.3, -0.25) is 0 Å². The van der Waals surface area contributed by atoms with E-state index in [0.717, 1.165) is 12.0 Å². The van der Waals surface area contributed by atoms with Gasteiger partial charge in [-0.1, -0.05) is 30.3 Å². The zero-order chi connectivity index (χ0) is 14.1. The van der Waals surface area contributed by atoms with Crippen LogP contribution in [0.1, 0.15) is 38.3 Å². The van der Waals surface area contributed by atoms with Gasteiger partial charge < -0.3 is 15.3 Å². The van der Waals surface area contributed by atoms with Gasteiger partial charge in [0.15, 0.2) is 0 Å². The van der Waals surface area contributed by atoms with E-state index in [1.165, 1.54) is 0 Å². The number of urea groups is 1. The molecular weight excluding hydrogens is 240 g/mol. The average Bonchev–Trinajstić information content (AvgIpc) is 2.45. The molecule has 4 nitrogen and oxygen atoms in total. The van der Waals surface area contributed by atoms with Crippen LogP contribution in [0.25, 0.3) is 0 Å². The van der Waals surface area contributed by atoms with Gasteiger partial charge in [0.05, 0.1) is 6.04 Å². The number of nitrogens with zero attached hydrogens (tertiary/aromatic N) is 1. The first kappa shape index (κ1) is 15.5. The van der Waals surface area contributed by atoms with Gasteiger partial charge in [0.25, 0.3) is 0 Å². The van der Waals surface area contributed by atoms with E-state index in [9.17, 15) is 4.79 Å². The minimum Gasteiger partial charge on any atom is -0.396 e. The van der Waals surface area contributed by atoms with E-state index < -0.39 is 0 Å². The van der Waals surface area contributed by atoms with Crippen molar-refractivity contribution >= 4 is 6.03 Å². The number of aliphatic hydroxyl groups excluding tert-OH is 1. The molecule has 1 aromatic carbocycles. The molecule has 0 heterocycles. The first-order chi connectivity index (χ1) is 9.22. The highest BCUT2D eigenvalue weighted by molar-refractivity contribution is 5.74. The minimum atomic E-state index is -0.0446. The van der Waals surface area contributed by atoms with Crippen molar-refractivity contribution in [1.29, 1.82) is 0 Å². The first-order valence-electron chi connectivity index (χ1n) is 6.94. The van der Waals surface area contributed by atoms with Crippen LogP contribution in [-0.4, -0.2) is 35.7 Å². The Labute approximate surface area is 115 Å². The molecule has 1 aromatic rings. The maximum absolute atomic E-state index is 12.1. The molecular formula is C15H24N2O2. The lowest BCUT2D eigenvalue weighted by molar-refractivity contribution is 0.196. The van der Waals surface area contributed by atoms with Crippen molar-refractivity contribution in [3.8, 4) is 0 Å². The molecule has 106 valence electrons. The smallest absolute Gasteiger partial charge is 0.317 e. The molecule has 0 spiro atoms. The van der Waals surface area contributed by atoms with Crippen molar-refractivity contribution in [2.45, 2.75) is 32.7 Å². The lowest BCUT2D eigenvalue weighted by Gasteiger charge is -2.25. The standard InChI is InChI=1S/C15H24N2O2/c1-3-17(4-2)15(19)16-14(11-8-12-18)13-9-6-5-7-10-13/h5-7,9-10,14,18H,3-4,8,11-12H2,1-2H3,(H,16,19). The Morgan fingerprint density at radius 1 is 1.26 bits per heavy atom. The van der Waals surface area contributed by atoms with Crippen molar-refractivity contribution in [2.24, 2.45) is 0 Å². The Hall–Kier alpha value is -1.55. The summed E-state index contributed by atoms with van der Waals surface area (Å²) in [6.07, 6.45) is 1.42. The highest BCUT2D eigenvalue weighted by Gasteiger charge is 2.16. The van der Waals surface area contributed by atoms with Crippen LogP contribution in [0, 0.1) is 0 Å². The van der Waals surface area contributed by atoms with Gasteiger partial charge in [-0.05, 0) is 32.3 Å². The predicted octanol–water partition coefficient (Wildman–Crippen LogP) is 2.55. The quantitative estimate of drug-likeness (QED) is 0.795. The van der Waals surface area contributed by atoms with Crippen LogP contribution in [0.5, 0.6) is 0 Å². The van der Waals surface area contributed by atoms with Gasteiger partial charge in [-0.15, -0.1) is 0 Å². The second-order valence-corrected chi connectivity index (χ2v) is 4.45. The summed E-state index contributed by atoms with van der Waals surface area (Å²) in [5.74, 6) is 0. The van der Waals surface area contributed by atoms with Crippen molar-refractivity contribution in [3.63, 3.8) is 0 Å². The molecule has 1 atom stereocenters. The van der Waals surface area contributed by atoms with Gasteiger partial charge >= 0.3 is 6.03 Å². The summed E-state index contributed by atoms with van der Waals surface area (Å²) in [6, 6.07) is 9.81. The molecule has 0 radical (unpaired) electrons. The van der Waals surface area contributed by atoms with Crippen LogP contribution in [0.15, 0.2) is 30.3 Å². The van der Waals surface area contributed by atoms with Gasteiger partial charge in [-0.2, -0.15) is 0 Å². The number of nitrogens with one attached hydrogen (secondary N) is 1. The molecule has 0 aliphatic rings. The number of carbonyl (C=O) groups is 1. The Morgan fingerprint density at radius 3 is 2.42 bits per heavy atom. The van der Waals surface area contributed by atoms with E-state index in [1.54, 1.807) is 4.90 Å². The predicted molar refractivity (Wildman–Crippen MR) is 77.0 cm³/mol. The van der Waals surface area contributed by atoms with Crippen LogP contribution in [0.2, 0.25) is 0 Å². The SMILES string of the molecule is CCN(CC)C(=O)NC(CCCO)c1ccccc1. The summed E-state index contributed by atoms with van der Waals surface area (Å²) in [5.41, 5.74) is 1.08. The molecule has 0 aliphatic heterocycles. The molecule has 1 rings (SSSR count). The molecule has 0 bridgehead atoms. The Balaban J connectivity index is 2.72. The van der Waals surface area contributed by atoms with Gasteiger partial charge in [0, 0.05) is 19.7 Å². The summed E-state index contributed by atoms with van der Waals surface area (Å²) in [6.45, 7) is 5.47. The van der Waals surface area contributed by atoms with Crippen LogP contribution in [-0.2, 0) is 0 Å². The largest absolute Gasteiger partial charge is 0.396 e. The summed E-state index contributed by atoms with van der Waals surface area (Å²) in [4.78, 5) is 13.9. The average molecular weight is 264 g/mol. The van der Waals surface area contributed by atoms with Crippen LogP contribution >= 0.6 is 0 Å². The number of amides is 2. The monoisotopic (exact) mass is 264 g/mol. The number of hydrogen-bond donors (Lipinski definition) is 2. The molecule has 4 heteroatoms. The van der Waals surface area contributed by atoms with Gasteiger partial charge in [0.2, 0.25) is 0 Å².